The highest BCUT2D eigenvalue weighted by atomic mass is 16.1. The van der Waals surface area contributed by atoms with Crippen LogP contribution in [0.1, 0.15) is 36.5 Å². The van der Waals surface area contributed by atoms with E-state index < -0.39 is 0 Å². The van der Waals surface area contributed by atoms with Gasteiger partial charge in [-0.05, 0) is 30.9 Å². The Morgan fingerprint density at radius 1 is 1.28 bits per heavy atom. The highest BCUT2D eigenvalue weighted by Crippen LogP contribution is 2.33. The van der Waals surface area contributed by atoms with Crippen LogP contribution in [-0.2, 0) is 0 Å². The Kier molecular flexibility index (Phi) is 2.86. The van der Waals surface area contributed by atoms with Gasteiger partial charge in [0.15, 0.2) is 5.78 Å². The summed E-state index contributed by atoms with van der Waals surface area (Å²) < 4.78 is 0. The second-order valence-electron chi connectivity index (χ2n) is 5.30. The third-order valence-electron chi connectivity index (χ3n) is 4.07. The molecule has 2 nitrogen and oxygen atoms in total. The third kappa shape index (κ3) is 1.92. The first-order valence-corrected chi connectivity index (χ1v) is 6.65. The van der Waals surface area contributed by atoms with E-state index >= 15 is 0 Å². The summed E-state index contributed by atoms with van der Waals surface area (Å²) in [5.41, 5.74) is 1.72. The number of hydrogen-bond acceptors (Lipinski definition) is 2. The molecule has 0 bridgehead atoms. The lowest BCUT2D eigenvalue weighted by molar-refractivity contribution is 0.0897. The smallest absolute Gasteiger partial charge is 0.167 e. The molecule has 1 aliphatic carbocycles. The Morgan fingerprint density at radius 2 is 2.11 bits per heavy atom. The van der Waals surface area contributed by atoms with Crippen molar-refractivity contribution in [3.05, 3.63) is 42.1 Å². The Hall–Kier alpha value is -1.70. The van der Waals surface area contributed by atoms with Crippen molar-refractivity contribution in [2.24, 2.45) is 11.8 Å². The second-order valence-corrected chi connectivity index (χ2v) is 5.30. The summed E-state index contributed by atoms with van der Waals surface area (Å²) >= 11 is 0. The zero-order valence-electron chi connectivity index (χ0n) is 10.6. The molecule has 0 N–H and O–H groups in total. The average Bonchev–Trinajstić information content (AvgIpc) is 2.83. The van der Waals surface area contributed by atoms with E-state index in [-0.39, 0.29) is 11.7 Å². The van der Waals surface area contributed by atoms with Gasteiger partial charge in [-0.1, -0.05) is 31.5 Å². The van der Waals surface area contributed by atoms with Gasteiger partial charge < -0.3 is 0 Å². The maximum absolute atomic E-state index is 12.5. The minimum absolute atomic E-state index is 0.202. The molecule has 0 aliphatic heterocycles. The van der Waals surface area contributed by atoms with Crippen molar-refractivity contribution in [3.63, 3.8) is 0 Å². The first-order valence-electron chi connectivity index (χ1n) is 6.65. The fourth-order valence-electron chi connectivity index (χ4n) is 2.95. The quantitative estimate of drug-likeness (QED) is 0.745. The van der Waals surface area contributed by atoms with E-state index in [1.54, 1.807) is 6.20 Å². The van der Waals surface area contributed by atoms with Gasteiger partial charge in [0, 0.05) is 23.1 Å². The maximum Gasteiger partial charge on any atom is 0.167 e. The number of hydrogen-bond donors (Lipinski definition) is 0. The molecule has 0 amide bonds. The number of carbonyl (C=O) groups is 1. The number of ketones is 1. The molecule has 1 fully saturated rings. The molecule has 0 spiro atoms. The molecule has 2 atom stereocenters. The molecule has 1 aliphatic rings. The van der Waals surface area contributed by atoms with Crippen LogP contribution in [0.3, 0.4) is 0 Å². The van der Waals surface area contributed by atoms with Crippen LogP contribution in [0.4, 0.5) is 0 Å². The molecule has 92 valence electrons. The van der Waals surface area contributed by atoms with Crippen LogP contribution < -0.4 is 0 Å². The molecule has 3 rings (SSSR count). The number of pyridine rings is 1. The monoisotopic (exact) mass is 239 g/mol. The predicted octanol–water partition coefficient (Wildman–Crippen LogP) is 3.85. The van der Waals surface area contributed by atoms with E-state index in [1.165, 1.54) is 12.8 Å². The number of aromatic nitrogens is 1. The Labute approximate surface area is 107 Å². The van der Waals surface area contributed by atoms with Crippen molar-refractivity contribution < 1.29 is 4.79 Å². The summed E-state index contributed by atoms with van der Waals surface area (Å²) in [5, 5.41) is 1.05. The molecule has 18 heavy (non-hydrogen) atoms. The number of fused-ring (bicyclic) bond motifs is 1. The zero-order chi connectivity index (χ0) is 12.5. The normalized spacial score (nSPS) is 23.4. The Bertz CT molecular complexity index is 590. The van der Waals surface area contributed by atoms with E-state index in [0.717, 1.165) is 22.9 Å². The third-order valence-corrected chi connectivity index (χ3v) is 4.07. The molecule has 1 saturated carbocycles. The van der Waals surface area contributed by atoms with Crippen molar-refractivity contribution in [2.75, 3.05) is 0 Å². The van der Waals surface area contributed by atoms with Gasteiger partial charge in [-0.2, -0.15) is 0 Å². The lowest BCUT2D eigenvalue weighted by Gasteiger charge is -2.13. The van der Waals surface area contributed by atoms with Gasteiger partial charge in [0.1, 0.15) is 0 Å². The predicted molar refractivity (Wildman–Crippen MR) is 72.6 cm³/mol. The van der Waals surface area contributed by atoms with E-state index in [0.29, 0.717) is 5.92 Å². The van der Waals surface area contributed by atoms with Gasteiger partial charge in [0.2, 0.25) is 0 Å². The summed E-state index contributed by atoms with van der Waals surface area (Å²) in [6.07, 6.45) is 5.12. The van der Waals surface area contributed by atoms with Crippen LogP contribution in [0.2, 0.25) is 0 Å². The number of benzene rings is 1. The first-order chi connectivity index (χ1) is 8.75. The molecule has 2 heteroatoms. The van der Waals surface area contributed by atoms with Gasteiger partial charge in [-0.3, -0.25) is 9.78 Å². The fourth-order valence-corrected chi connectivity index (χ4v) is 2.95. The van der Waals surface area contributed by atoms with Gasteiger partial charge in [0.25, 0.3) is 0 Å². The minimum Gasteiger partial charge on any atom is -0.294 e. The van der Waals surface area contributed by atoms with Crippen molar-refractivity contribution in [1.82, 2.24) is 4.98 Å². The number of rotatable bonds is 2. The largest absolute Gasteiger partial charge is 0.294 e. The highest BCUT2D eigenvalue weighted by molar-refractivity contribution is 6.00. The van der Waals surface area contributed by atoms with Crippen LogP contribution in [0.25, 0.3) is 10.9 Å². The first kappa shape index (κ1) is 11.4. The summed E-state index contributed by atoms with van der Waals surface area (Å²) in [5.74, 6) is 0.996. The summed E-state index contributed by atoms with van der Waals surface area (Å²) in [4.78, 5) is 16.8. The van der Waals surface area contributed by atoms with Crippen LogP contribution in [-0.4, -0.2) is 10.8 Å². The summed E-state index contributed by atoms with van der Waals surface area (Å²) in [7, 11) is 0. The molecular weight excluding hydrogens is 222 g/mol. The SMILES string of the molecule is CC1CCCC1C(=O)c1cnc2ccccc2c1. The Balaban J connectivity index is 1.96. The Morgan fingerprint density at radius 3 is 2.89 bits per heavy atom. The lowest BCUT2D eigenvalue weighted by Crippen LogP contribution is -2.17. The van der Waals surface area contributed by atoms with Crippen LogP contribution in [0.5, 0.6) is 0 Å². The minimum atomic E-state index is 0.202. The summed E-state index contributed by atoms with van der Waals surface area (Å²) in [6.45, 7) is 2.18. The molecule has 0 saturated heterocycles. The maximum atomic E-state index is 12.5. The molecule has 2 aromatic rings. The van der Waals surface area contributed by atoms with Crippen molar-refractivity contribution in [3.8, 4) is 0 Å². The van der Waals surface area contributed by atoms with Gasteiger partial charge in [-0.25, -0.2) is 0 Å². The zero-order valence-corrected chi connectivity index (χ0v) is 10.6. The fraction of sp³-hybridized carbons (Fsp3) is 0.375. The van der Waals surface area contributed by atoms with Crippen molar-refractivity contribution >= 4 is 16.7 Å². The van der Waals surface area contributed by atoms with E-state index in [1.807, 2.05) is 30.3 Å². The van der Waals surface area contributed by atoms with E-state index in [9.17, 15) is 4.79 Å². The average molecular weight is 239 g/mol. The van der Waals surface area contributed by atoms with Gasteiger partial charge in [-0.15, -0.1) is 0 Å². The second kappa shape index (κ2) is 4.52. The number of Topliss-reactive ketones (excluding diaryl/α,β-unsaturated/α-hetero) is 1. The van der Waals surface area contributed by atoms with Gasteiger partial charge >= 0.3 is 0 Å². The number of carbonyl (C=O) groups excluding carboxylic acids is 1. The van der Waals surface area contributed by atoms with Gasteiger partial charge in [0.05, 0.1) is 5.52 Å². The van der Waals surface area contributed by atoms with E-state index in [2.05, 4.69) is 11.9 Å². The molecular formula is C16H17NO. The lowest BCUT2D eigenvalue weighted by atomic mass is 9.90. The summed E-state index contributed by atoms with van der Waals surface area (Å²) in [6, 6.07) is 9.92. The van der Waals surface area contributed by atoms with Crippen molar-refractivity contribution in [1.29, 1.82) is 0 Å². The number of para-hydroxylation sites is 1. The highest BCUT2D eigenvalue weighted by Gasteiger charge is 2.30. The molecule has 1 heterocycles. The molecule has 1 aromatic heterocycles. The van der Waals surface area contributed by atoms with E-state index in [4.69, 9.17) is 0 Å². The molecule has 0 radical (unpaired) electrons. The van der Waals surface area contributed by atoms with Crippen LogP contribution in [0.15, 0.2) is 36.5 Å². The van der Waals surface area contributed by atoms with Crippen molar-refractivity contribution in [2.45, 2.75) is 26.2 Å². The van der Waals surface area contributed by atoms with Crippen LogP contribution >= 0.6 is 0 Å². The molecule has 1 aromatic carbocycles. The number of nitrogens with zero attached hydrogens (tertiary/aromatic N) is 1. The standard InChI is InChI=1S/C16H17NO/c1-11-5-4-7-14(11)16(18)13-9-12-6-2-3-8-15(12)17-10-13/h2-3,6,8-11,14H,4-5,7H2,1H3. The molecule has 2 unspecified atom stereocenters. The van der Waals surface area contributed by atoms with Crippen LogP contribution in [0, 0.1) is 11.8 Å². The topological polar surface area (TPSA) is 30.0 Å².